The third-order valence-electron chi connectivity index (χ3n) is 13.0. The lowest BCUT2D eigenvalue weighted by Gasteiger charge is -2.40. The van der Waals surface area contributed by atoms with Crippen molar-refractivity contribution in [3.8, 4) is 17.2 Å². The number of nitrogens with zero attached hydrogens (tertiary/aromatic N) is 6. The summed E-state index contributed by atoms with van der Waals surface area (Å²) >= 11 is 13.1. The van der Waals surface area contributed by atoms with Crippen LogP contribution in [0.25, 0.3) is 32.9 Å². The Labute approximate surface area is 330 Å². The lowest BCUT2D eigenvalue weighted by molar-refractivity contribution is -0.135. The number of piperidine rings is 1. The molecular weight excluding hydrogens is 765 g/mol. The summed E-state index contributed by atoms with van der Waals surface area (Å²) in [6.45, 7) is 3.28. The van der Waals surface area contributed by atoms with Crippen LogP contribution in [0.15, 0.2) is 42.6 Å². The number of nitriles is 1. The van der Waals surface area contributed by atoms with Gasteiger partial charge in [-0.3, -0.25) is 4.79 Å². The molecule has 1 N–H and O–H groups in total. The Kier molecular flexibility index (Phi) is 8.55. The van der Waals surface area contributed by atoms with Crippen LogP contribution in [0.1, 0.15) is 73.1 Å². The van der Waals surface area contributed by atoms with Gasteiger partial charge in [0.15, 0.2) is 17.5 Å². The summed E-state index contributed by atoms with van der Waals surface area (Å²) in [5, 5.41) is 15.2. The molecule has 14 heteroatoms. The van der Waals surface area contributed by atoms with Crippen molar-refractivity contribution in [2.24, 2.45) is 17.8 Å². The topological polar surface area (TPSA) is 90.1 Å². The Balaban J connectivity index is 1.20. The van der Waals surface area contributed by atoms with E-state index in [1.807, 2.05) is 17.9 Å². The third kappa shape index (κ3) is 5.37. The molecule has 7 heterocycles. The molecule has 5 aromatic rings. The molecule has 1 amide bonds. The van der Waals surface area contributed by atoms with E-state index in [4.69, 9.17) is 28.2 Å². The van der Waals surface area contributed by atoms with Crippen LogP contribution >= 0.6 is 23.2 Å². The van der Waals surface area contributed by atoms with Crippen LogP contribution in [0, 0.1) is 47.6 Å². The van der Waals surface area contributed by atoms with E-state index >= 15 is 8.78 Å². The summed E-state index contributed by atoms with van der Waals surface area (Å²) in [6.07, 6.45) is 1.90. The first-order valence-electron chi connectivity index (χ1n) is 19.3. The molecule has 8 nitrogen and oxygen atoms in total. The minimum absolute atomic E-state index is 0.0245. The molecule has 6 atom stereocenters. The highest BCUT2D eigenvalue weighted by atomic mass is 35.5. The van der Waals surface area contributed by atoms with Gasteiger partial charge in [-0.2, -0.15) is 5.26 Å². The van der Waals surface area contributed by atoms with E-state index in [0.717, 1.165) is 48.5 Å². The predicted octanol–water partition coefficient (Wildman–Crippen LogP) is 9.26. The highest BCUT2D eigenvalue weighted by molar-refractivity contribution is 6.43. The van der Waals surface area contributed by atoms with Crippen molar-refractivity contribution in [3.63, 3.8) is 0 Å². The molecule has 4 aliphatic heterocycles. The number of pyridine rings is 2. The van der Waals surface area contributed by atoms with Gasteiger partial charge in [-0.25, -0.2) is 27.5 Å². The zero-order chi connectivity index (χ0) is 38.7. The van der Waals surface area contributed by atoms with E-state index in [1.54, 1.807) is 23.1 Å². The summed E-state index contributed by atoms with van der Waals surface area (Å²) in [7, 11) is 0. The molecule has 4 bridgehead atoms. The first-order valence-corrected chi connectivity index (χ1v) is 20.0. The van der Waals surface area contributed by atoms with Crippen molar-refractivity contribution in [1.29, 1.82) is 5.26 Å². The molecular formula is C42H37Cl2F4N7O. The lowest BCUT2D eigenvalue weighted by Crippen LogP contribution is -2.45. The summed E-state index contributed by atoms with van der Waals surface area (Å²) in [6, 6.07) is 11.8. The summed E-state index contributed by atoms with van der Waals surface area (Å²) in [5.74, 6) is -1.61. The first kappa shape index (κ1) is 35.9. The van der Waals surface area contributed by atoms with E-state index in [9.17, 15) is 18.8 Å². The van der Waals surface area contributed by atoms with E-state index < -0.39 is 29.7 Å². The smallest absolute Gasteiger partial charge is 0.266 e. The predicted molar refractivity (Wildman–Crippen MR) is 206 cm³/mol. The van der Waals surface area contributed by atoms with Crippen LogP contribution in [-0.4, -0.2) is 57.1 Å². The third-order valence-corrected chi connectivity index (χ3v) is 13.8. The highest BCUT2D eigenvalue weighted by Gasteiger charge is 2.55. The number of anilines is 1. The molecule has 288 valence electrons. The van der Waals surface area contributed by atoms with Gasteiger partial charge in [0.05, 0.1) is 45.3 Å². The lowest BCUT2D eigenvalue weighted by atomic mass is 9.79. The molecule has 11 rings (SSSR count). The number of rotatable bonds is 8. The van der Waals surface area contributed by atoms with Crippen molar-refractivity contribution in [2.75, 3.05) is 24.5 Å². The first-order chi connectivity index (χ1) is 27.0. The maximum atomic E-state index is 17.3. The largest absolute Gasteiger partial charge is 0.352 e. The quantitative estimate of drug-likeness (QED) is 0.158. The monoisotopic (exact) mass is 801 g/mol. The number of likely N-dealkylation sites (tertiary alicyclic amines) is 1. The Morgan fingerprint density at radius 1 is 1.07 bits per heavy atom. The second-order valence-corrected chi connectivity index (χ2v) is 16.9. The van der Waals surface area contributed by atoms with Crippen molar-refractivity contribution in [2.45, 2.75) is 76.0 Å². The van der Waals surface area contributed by atoms with Gasteiger partial charge in [-0.1, -0.05) is 35.3 Å². The van der Waals surface area contributed by atoms with Gasteiger partial charge in [-0.05, 0) is 74.8 Å². The summed E-state index contributed by atoms with van der Waals surface area (Å²) < 4.78 is 62.9. The molecule has 2 aliphatic carbocycles. The number of carbonyl (C=O) groups is 1. The number of nitrogens with one attached hydrogen (secondary N) is 1. The molecule has 6 aliphatic rings. The number of aryl methyl sites for hydroxylation is 2. The molecule has 2 saturated carbocycles. The van der Waals surface area contributed by atoms with Gasteiger partial charge in [0, 0.05) is 83.4 Å². The fourth-order valence-corrected chi connectivity index (χ4v) is 10.7. The maximum Gasteiger partial charge on any atom is 0.266 e. The van der Waals surface area contributed by atoms with Crippen LogP contribution in [0.2, 0.25) is 10.0 Å². The Morgan fingerprint density at radius 3 is 2.61 bits per heavy atom. The normalized spacial score (nSPS) is 25.4. The maximum absolute atomic E-state index is 17.3. The molecule has 4 saturated heterocycles. The molecule has 0 spiro atoms. The Morgan fingerprint density at radius 2 is 1.89 bits per heavy atom. The molecule has 6 fully saturated rings. The number of hydrogen-bond donors (Lipinski definition) is 1. The second kappa shape index (κ2) is 13.3. The standard InChI is InChI=1S/C42H37Cl2F4N7O/c1-19-27-15-31(38-23-12-24(54(38)42(56)20-7-8-20)18-53(17-23)41-34(45)26(40(47)48)9-11-50-41)55(37-22-14-30(37)51-16-22)39(27)28-13-21(4-3-10-49)32(35(46)36(28)52-19)25-5-2-6-29(43)33(25)44/h2,5-6,9,11,13,15,20,22-24,30,37-38,40,51H,3-4,7-8,12,14,16-18H2,1H3. The Bertz CT molecular complexity index is 2500. The fraction of sp³-hybridized carbons (Fsp3) is 0.429. The van der Waals surface area contributed by atoms with Crippen molar-refractivity contribution in [1.82, 2.24) is 24.8 Å². The number of alkyl halides is 2. The number of fused-ring (bicyclic) bond motifs is 6. The van der Waals surface area contributed by atoms with Gasteiger partial charge >= 0.3 is 0 Å². The van der Waals surface area contributed by atoms with E-state index in [-0.39, 0.29) is 82.2 Å². The van der Waals surface area contributed by atoms with Gasteiger partial charge < -0.3 is 19.7 Å². The number of halogens is 6. The van der Waals surface area contributed by atoms with Crippen LogP contribution < -0.4 is 10.2 Å². The van der Waals surface area contributed by atoms with Crippen LogP contribution in [-0.2, 0) is 11.2 Å². The molecule has 6 unspecified atom stereocenters. The number of carbonyl (C=O) groups excluding carboxylic acids is 1. The van der Waals surface area contributed by atoms with E-state index in [0.29, 0.717) is 41.1 Å². The minimum Gasteiger partial charge on any atom is -0.352 e. The second-order valence-electron chi connectivity index (χ2n) is 16.1. The average Bonchev–Trinajstić information content (AvgIpc) is 3.46. The van der Waals surface area contributed by atoms with Gasteiger partial charge in [0.1, 0.15) is 5.52 Å². The zero-order valence-electron chi connectivity index (χ0n) is 30.4. The highest BCUT2D eigenvalue weighted by Crippen LogP contribution is 2.54. The molecule has 3 aromatic heterocycles. The van der Waals surface area contributed by atoms with Gasteiger partial charge in [-0.15, -0.1) is 0 Å². The van der Waals surface area contributed by atoms with Crippen LogP contribution in [0.5, 0.6) is 0 Å². The van der Waals surface area contributed by atoms with Crippen molar-refractivity contribution in [3.05, 3.63) is 86.8 Å². The van der Waals surface area contributed by atoms with Gasteiger partial charge in [0.25, 0.3) is 6.43 Å². The van der Waals surface area contributed by atoms with E-state index in [2.05, 4.69) is 27.0 Å². The summed E-state index contributed by atoms with van der Waals surface area (Å²) in [4.78, 5) is 27.3. The van der Waals surface area contributed by atoms with Crippen LogP contribution in [0.4, 0.5) is 23.4 Å². The molecule has 0 radical (unpaired) electrons. The van der Waals surface area contributed by atoms with Crippen molar-refractivity contribution < 1.29 is 22.4 Å². The minimum atomic E-state index is -2.99. The number of aromatic nitrogens is 3. The van der Waals surface area contributed by atoms with Gasteiger partial charge in [0.2, 0.25) is 5.91 Å². The summed E-state index contributed by atoms with van der Waals surface area (Å²) in [5.41, 5.74) is 3.13. The van der Waals surface area contributed by atoms with E-state index in [1.165, 1.54) is 6.20 Å². The number of hydrogen-bond acceptors (Lipinski definition) is 6. The molecule has 2 aromatic carbocycles. The zero-order valence-corrected chi connectivity index (χ0v) is 31.9. The molecule has 56 heavy (non-hydrogen) atoms. The number of amides is 1. The Hall–Kier alpha value is -4.44. The average molecular weight is 803 g/mol. The number of benzene rings is 2. The SMILES string of the molecule is Cc1nc2c(F)c(-c3cccc(Cl)c3Cl)c(CCC#N)cc2c2c1cc(C1C3CC(CN(c4nccc(C(F)F)c4F)C3)N1C(=O)C1CC1)n2C1C2CNC1C2. The van der Waals surface area contributed by atoms with Crippen molar-refractivity contribution >= 4 is 56.7 Å². The van der Waals surface area contributed by atoms with Crippen LogP contribution in [0.3, 0.4) is 0 Å². The fourth-order valence-electron chi connectivity index (χ4n) is 10.3.